The molecule has 11 rings (SSSR count). The molecular weight excluding hydrogens is 744 g/mol. The second kappa shape index (κ2) is 13.0. The lowest BCUT2D eigenvalue weighted by atomic mass is 9.33. The molecule has 0 saturated carbocycles. The highest BCUT2D eigenvalue weighted by Gasteiger charge is 2.48. The zero-order valence-corrected chi connectivity index (χ0v) is 37.3. The van der Waals surface area contributed by atoms with E-state index in [0.29, 0.717) is 0 Å². The number of rotatable bonds is 3. The van der Waals surface area contributed by atoms with Gasteiger partial charge in [-0.15, -0.1) is 11.8 Å². The summed E-state index contributed by atoms with van der Waals surface area (Å²) in [5.41, 5.74) is 25.4. The largest absolute Gasteiger partial charge is 0.311 e. The lowest BCUT2D eigenvalue weighted by Crippen LogP contribution is -2.62. The summed E-state index contributed by atoms with van der Waals surface area (Å²) in [5, 5.41) is 0. The normalized spacial score (nSPS) is 16.4. The van der Waals surface area contributed by atoms with E-state index in [0.717, 1.165) is 12.2 Å². The van der Waals surface area contributed by atoms with Crippen LogP contribution in [0.2, 0.25) is 0 Å². The number of thioether (sulfide) groups is 1. The van der Waals surface area contributed by atoms with Crippen LogP contribution in [0.1, 0.15) is 88.3 Å². The lowest BCUT2D eigenvalue weighted by Gasteiger charge is -2.46. The van der Waals surface area contributed by atoms with Gasteiger partial charge in [0.15, 0.2) is 0 Å². The fraction of sp³-hybridized carbons (Fsp3) is 0.250. The van der Waals surface area contributed by atoms with Gasteiger partial charge in [0.1, 0.15) is 0 Å². The molecule has 0 atom stereocenters. The summed E-state index contributed by atoms with van der Waals surface area (Å²) in [5.74, 6) is 0.967. The van der Waals surface area contributed by atoms with Crippen molar-refractivity contribution in [2.24, 2.45) is 0 Å². The van der Waals surface area contributed by atoms with Gasteiger partial charge in [-0.3, -0.25) is 0 Å². The molecule has 0 bridgehead atoms. The van der Waals surface area contributed by atoms with Gasteiger partial charge in [-0.2, -0.15) is 0 Å². The molecule has 0 aromatic heterocycles. The highest BCUT2D eigenvalue weighted by Crippen LogP contribution is 2.54. The Morgan fingerprint density at radius 2 is 1.23 bits per heavy atom. The van der Waals surface area contributed by atoms with Crippen molar-refractivity contribution in [1.29, 1.82) is 0 Å². The fourth-order valence-corrected chi connectivity index (χ4v) is 12.5. The molecule has 0 unspecified atom stereocenters. The van der Waals surface area contributed by atoms with Gasteiger partial charge in [-0.1, -0.05) is 133 Å². The molecule has 296 valence electrons. The molecule has 0 spiro atoms. The first-order valence-corrected chi connectivity index (χ1v) is 22.8. The molecular formula is C56H53BN2S. The highest BCUT2D eigenvalue weighted by molar-refractivity contribution is 7.98. The lowest BCUT2D eigenvalue weighted by molar-refractivity contribution is 0.403. The van der Waals surface area contributed by atoms with Crippen LogP contribution in [0.15, 0.2) is 138 Å². The van der Waals surface area contributed by atoms with Crippen molar-refractivity contribution in [2.45, 2.75) is 95.6 Å². The number of hydrogen-bond donors (Lipinski definition) is 0. The third-order valence-corrected chi connectivity index (χ3v) is 15.1. The number of hydrogen-bond acceptors (Lipinski definition) is 3. The molecule has 0 fully saturated rings. The summed E-state index contributed by atoms with van der Waals surface area (Å²) >= 11 is 1.96. The molecule has 4 heteroatoms. The predicted octanol–water partition coefficient (Wildman–Crippen LogP) is 13.6. The van der Waals surface area contributed by atoms with Gasteiger partial charge >= 0.3 is 0 Å². The van der Waals surface area contributed by atoms with Crippen molar-refractivity contribution in [2.75, 3.05) is 9.80 Å². The first-order chi connectivity index (χ1) is 28.7. The Kier molecular flexibility index (Phi) is 8.15. The van der Waals surface area contributed by atoms with E-state index in [2.05, 4.69) is 206 Å². The molecule has 7 aromatic carbocycles. The standard InChI is InChI=1S/C56H53BN2S/c1-34-26-49-53-50(27-34)59(47-20-15-18-38-32-60-51-21-14-13-19-40(51)52(38)47)46-25-23-39(54(3,4)5)29-43(46)57(53)44-30-41-42(56(8,9)33-55(41,6)7)31-48(44)58(49)45-24-22-37(28-35(45)2)36-16-11-10-12-17-36/h10-31H,32-33H2,1-9H3. The minimum Gasteiger partial charge on any atom is -0.311 e. The molecule has 2 nitrogen and oxygen atoms in total. The van der Waals surface area contributed by atoms with E-state index in [-0.39, 0.29) is 23.0 Å². The van der Waals surface area contributed by atoms with Gasteiger partial charge in [0.2, 0.25) is 0 Å². The number of fused-ring (bicyclic) bond motifs is 8. The maximum atomic E-state index is 2.65. The second-order valence-corrected chi connectivity index (χ2v) is 21.2. The third-order valence-electron chi connectivity index (χ3n) is 14.0. The molecule has 60 heavy (non-hydrogen) atoms. The Bertz CT molecular complexity index is 2930. The topological polar surface area (TPSA) is 6.48 Å². The molecule has 0 radical (unpaired) electrons. The van der Waals surface area contributed by atoms with Crippen molar-refractivity contribution in [3.63, 3.8) is 0 Å². The SMILES string of the molecule is Cc1cc2c3c(c1)N(c1cccc4c1-c1ccccc1SC4)c1ccc(C(C)(C)C)cc1B3c1cc3c(cc1N2c1ccc(-c2ccccc2)cc1C)C(C)(C)CC3(C)C. The van der Waals surface area contributed by atoms with Crippen molar-refractivity contribution in [3.05, 3.63) is 167 Å². The Balaban J connectivity index is 1.25. The summed E-state index contributed by atoms with van der Waals surface area (Å²) in [4.78, 5) is 6.65. The van der Waals surface area contributed by atoms with Crippen LogP contribution >= 0.6 is 11.8 Å². The van der Waals surface area contributed by atoms with Gasteiger partial charge < -0.3 is 9.80 Å². The van der Waals surface area contributed by atoms with Gasteiger partial charge in [-0.05, 0) is 152 Å². The Morgan fingerprint density at radius 1 is 0.567 bits per heavy atom. The first kappa shape index (κ1) is 37.5. The quantitative estimate of drug-likeness (QED) is 0.164. The summed E-state index contributed by atoms with van der Waals surface area (Å²) in [7, 11) is 0. The maximum Gasteiger partial charge on any atom is 0.252 e. The van der Waals surface area contributed by atoms with E-state index in [1.165, 1.54) is 111 Å². The average molecular weight is 797 g/mol. The average Bonchev–Trinajstić information content (AvgIpc) is 3.41. The van der Waals surface area contributed by atoms with Crippen LogP contribution in [0, 0.1) is 13.8 Å². The monoisotopic (exact) mass is 796 g/mol. The fourth-order valence-electron chi connectivity index (χ4n) is 11.5. The summed E-state index contributed by atoms with van der Waals surface area (Å²) in [6.07, 6.45) is 1.13. The zero-order chi connectivity index (χ0) is 41.5. The van der Waals surface area contributed by atoms with E-state index >= 15 is 0 Å². The van der Waals surface area contributed by atoms with Crippen molar-refractivity contribution in [1.82, 2.24) is 0 Å². The van der Waals surface area contributed by atoms with Crippen molar-refractivity contribution < 1.29 is 0 Å². The molecule has 0 amide bonds. The molecule has 7 aromatic rings. The third kappa shape index (κ3) is 5.56. The van der Waals surface area contributed by atoms with Crippen LogP contribution in [0.5, 0.6) is 0 Å². The second-order valence-electron chi connectivity index (χ2n) is 20.2. The van der Waals surface area contributed by atoms with E-state index in [9.17, 15) is 0 Å². The maximum absolute atomic E-state index is 2.65. The van der Waals surface area contributed by atoms with Crippen LogP contribution in [-0.4, -0.2) is 6.71 Å². The molecule has 0 N–H and O–H groups in total. The molecule has 3 heterocycles. The van der Waals surface area contributed by atoms with E-state index in [4.69, 9.17) is 0 Å². The van der Waals surface area contributed by atoms with Gasteiger partial charge in [0.05, 0.1) is 5.69 Å². The number of aryl methyl sites for hydroxylation is 2. The predicted molar refractivity (Wildman–Crippen MR) is 260 cm³/mol. The van der Waals surface area contributed by atoms with Crippen molar-refractivity contribution in [3.8, 4) is 22.3 Å². The smallest absolute Gasteiger partial charge is 0.252 e. The summed E-state index contributed by atoms with van der Waals surface area (Å²) in [6.45, 7) is 21.6. The minimum absolute atomic E-state index is 0.0105. The molecule has 4 aliphatic rings. The van der Waals surface area contributed by atoms with E-state index in [1.807, 2.05) is 11.8 Å². The first-order valence-electron chi connectivity index (χ1n) is 21.8. The molecule has 1 aliphatic carbocycles. The summed E-state index contributed by atoms with van der Waals surface area (Å²) in [6, 6.07) is 51.6. The van der Waals surface area contributed by atoms with Gasteiger partial charge in [0, 0.05) is 44.6 Å². The molecule has 3 aliphatic heterocycles. The van der Waals surface area contributed by atoms with Crippen LogP contribution < -0.4 is 26.2 Å². The number of anilines is 6. The van der Waals surface area contributed by atoms with E-state index in [1.54, 1.807) is 0 Å². The van der Waals surface area contributed by atoms with Crippen LogP contribution in [0.3, 0.4) is 0 Å². The zero-order valence-electron chi connectivity index (χ0n) is 36.5. The Hall–Kier alpha value is -5.45. The van der Waals surface area contributed by atoms with E-state index < -0.39 is 0 Å². The van der Waals surface area contributed by atoms with Crippen LogP contribution in [0.4, 0.5) is 34.1 Å². The Labute approximate surface area is 361 Å². The Morgan fingerprint density at radius 3 is 1.97 bits per heavy atom. The minimum atomic E-state index is -0.0105. The van der Waals surface area contributed by atoms with Gasteiger partial charge in [-0.25, -0.2) is 0 Å². The van der Waals surface area contributed by atoms with Crippen LogP contribution in [-0.2, 0) is 22.0 Å². The number of benzene rings is 7. The number of nitrogens with zero attached hydrogens (tertiary/aromatic N) is 2. The molecule has 0 saturated heterocycles. The van der Waals surface area contributed by atoms with Crippen LogP contribution in [0.25, 0.3) is 22.3 Å². The highest BCUT2D eigenvalue weighted by atomic mass is 32.2. The van der Waals surface area contributed by atoms with Crippen molar-refractivity contribution >= 4 is 69.0 Å². The summed E-state index contributed by atoms with van der Waals surface area (Å²) < 4.78 is 0. The van der Waals surface area contributed by atoms with Gasteiger partial charge in [0.25, 0.3) is 6.71 Å².